The number of rotatable bonds is 8. The van der Waals surface area contributed by atoms with Gasteiger partial charge in [0.25, 0.3) is 0 Å². The largest absolute Gasteiger partial charge is 0.461 e. The number of hydrogen-bond donors (Lipinski definition) is 2. The van der Waals surface area contributed by atoms with Crippen LogP contribution in [0.15, 0.2) is 23.0 Å². The van der Waals surface area contributed by atoms with Crippen LogP contribution in [0.4, 0.5) is 5.82 Å². The van der Waals surface area contributed by atoms with E-state index in [1.54, 1.807) is 7.11 Å². The summed E-state index contributed by atoms with van der Waals surface area (Å²) in [6, 6.07) is 5.95. The Balaban J connectivity index is 1.63. The molecule has 3 aromatic rings. The third-order valence-corrected chi connectivity index (χ3v) is 5.56. The lowest BCUT2D eigenvalue weighted by atomic mass is 10.1. The summed E-state index contributed by atoms with van der Waals surface area (Å²) in [7, 11) is 1.58. The molecule has 30 heavy (non-hydrogen) atoms. The number of fused-ring (bicyclic) bond motifs is 1. The number of halogens is 1. The van der Waals surface area contributed by atoms with Crippen LogP contribution in [0.2, 0.25) is 5.02 Å². The molecule has 0 aliphatic carbocycles. The van der Waals surface area contributed by atoms with E-state index in [1.807, 2.05) is 18.2 Å². The van der Waals surface area contributed by atoms with Crippen molar-refractivity contribution in [2.75, 3.05) is 39.1 Å². The SMILES string of the molecule is COCCOc1nc(N)c2[nH]c(=O)n(Cc3ccc(Cl)c(CN4CCCC4)c3)c2n1. The van der Waals surface area contributed by atoms with Gasteiger partial charge in [-0.1, -0.05) is 23.7 Å². The van der Waals surface area contributed by atoms with E-state index < -0.39 is 0 Å². The molecule has 1 saturated heterocycles. The molecule has 1 fully saturated rings. The van der Waals surface area contributed by atoms with Crippen LogP contribution in [0, 0.1) is 0 Å². The first kappa shape index (κ1) is 20.6. The van der Waals surface area contributed by atoms with Gasteiger partial charge in [0.05, 0.1) is 13.2 Å². The Labute approximate surface area is 178 Å². The number of methoxy groups -OCH3 is 1. The Morgan fingerprint density at radius 1 is 1.20 bits per heavy atom. The van der Waals surface area contributed by atoms with E-state index in [0.717, 1.165) is 35.8 Å². The lowest BCUT2D eigenvalue weighted by Gasteiger charge is -2.16. The van der Waals surface area contributed by atoms with Gasteiger partial charge in [0, 0.05) is 18.7 Å². The van der Waals surface area contributed by atoms with Crippen LogP contribution in [0.3, 0.4) is 0 Å². The fourth-order valence-electron chi connectivity index (χ4n) is 3.67. The minimum atomic E-state index is -0.309. The zero-order valence-corrected chi connectivity index (χ0v) is 17.6. The molecule has 0 amide bonds. The summed E-state index contributed by atoms with van der Waals surface area (Å²) in [5, 5.41) is 0.734. The molecular formula is C20H25ClN6O3. The number of ether oxygens (including phenoxy) is 2. The first-order valence-corrected chi connectivity index (χ1v) is 10.3. The molecule has 160 valence electrons. The van der Waals surface area contributed by atoms with Gasteiger partial charge in [-0.05, 0) is 43.1 Å². The highest BCUT2D eigenvalue weighted by Gasteiger charge is 2.17. The van der Waals surface area contributed by atoms with Crippen molar-refractivity contribution in [2.24, 2.45) is 0 Å². The van der Waals surface area contributed by atoms with Crippen LogP contribution in [0.5, 0.6) is 6.01 Å². The summed E-state index contributed by atoms with van der Waals surface area (Å²) in [5.41, 5.74) is 8.50. The molecule has 9 nitrogen and oxygen atoms in total. The Kier molecular flexibility index (Phi) is 6.21. The minimum Gasteiger partial charge on any atom is -0.461 e. The maximum atomic E-state index is 12.6. The average Bonchev–Trinajstić information content (AvgIpc) is 3.34. The average molecular weight is 433 g/mol. The third-order valence-electron chi connectivity index (χ3n) is 5.19. The molecule has 0 spiro atoms. The van der Waals surface area contributed by atoms with Gasteiger partial charge >= 0.3 is 11.7 Å². The number of nitrogen functional groups attached to an aromatic ring is 1. The molecule has 3 heterocycles. The van der Waals surface area contributed by atoms with Gasteiger partial charge in [-0.2, -0.15) is 9.97 Å². The Bertz CT molecular complexity index is 1090. The molecule has 0 atom stereocenters. The lowest BCUT2D eigenvalue weighted by Crippen LogP contribution is -2.20. The van der Waals surface area contributed by atoms with Gasteiger partial charge in [0.1, 0.15) is 12.1 Å². The van der Waals surface area contributed by atoms with Crippen LogP contribution in [-0.2, 0) is 17.8 Å². The van der Waals surface area contributed by atoms with Crippen molar-refractivity contribution in [3.05, 3.63) is 44.8 Å². The van der Waals surface area contributed by atoms with Gasteiger partial charge in [-0.15, -0.1) is 0 Å². The molecule has 0 radical (unpaired) electrons. The number of likely N-dealkylation sites (tertiary alicyclic amines) is 1. The summed E-state index contributed by atoms with van der Waals surface area (Å²) >= 11 is 6.42. The predicted molar refractivity (Wildman–Crippen MR) is 115 cm³/mol. The maximum Gasteiger partial charge on any atom is 0.328 e. The van der Waals surface area contributed by atoms with Crippen molar-refractivity contribution in [1.82, 2.24) is 24.4 Å². The highest BCUT2D eigenvalue weighted by atomic mass is 35.5. The highest BCUT2D eigenvalue weighted by Crippen LogP contribution is 2.23. The molecule has 2 aromatic heterocycles. The predicted octanol–water partition coefficient (Wildman–Crippen LogP) is 2.02. The van der Waals surface area contributed by atoms with Crippen molar-refractivity contribution in [2.45, 2.75) is 25.9 Å². The van der Waals surface area contributed by atoms with Crippen molar-refractivity contribution in [1.29, 1.82) is 0 Å². The first-order chi connectivity index (χ1) is 14.5. The number of hydrogen-bond acceptors (Lipinski definition) is 7. The second-order valence-corrected chi connectivity index (χ2v) is 7.76. The lowest BCUT2D eigenvalue weighted by molar-refractivity contribution is 0.141. The van der Waals surface area contributed by atoms with Gasteiger partial charge in [0.15, 0.2) is 11.5 Å². The van der Waals surface area contributed by atoms with E-state index in [1.165, 1.54) is 17.4 Å². The summed E-state index contributed by atoms with van der Waals surface area (Å²) in [5.74, 6) is 0.161. The second-order valence-electron chi connectivity index (χ2n) is 7.36. The fourth-order valence-corrected chi connectivity index (χ4v) is 3.85. The van der Waals surface area contributed by atoms with E-state index in [-0.39, 0.29) is 24.1 Å². The number of nitrogens with two attached hydrogens (primary N) is 1. The highest BCUT2D eigenvalue weighted by molar-refractivity contribution is 6.31. The molecule has 1 aliphatic rings. The first-order valence-electron chi connectivity index (χ1n) is 9.92. The number of imidazole rings is 1. The molecule has 4 rings (SSSR count). The van der Waals surface area contributed by atoms with E-state index >= 15 is 0 Å². The maximum absolute atomic E-state index is 12.6. The van der Waals surface area contributed by atoms with Crippen molar-refractivity contribution in [3.8, 4) is 6.01 Å². The Morgan fingerprint density at radius 3 is 2.77 bits per heavy atom. The number of nitrogens with zero attached hydrogens (tertiary/aromatic N) is 4. The summed E-state index contributed by atoms with van der Waals surface area (Å²) in [6.45, 7) is 3.99. The number of H-pyrrole nitrogens is 1. The number of anilines is 1. The van der Waals surface area contributed by atoms with E-state index in [0.29, 0.717) is 24.3 Å². The Morgan fingerprint density at radius 2 is 2.00 bits per heavy atom. The van der Waals surface area contributed by atoms with Crippen LogP contribution < -0.4 is 16.2 Å². The molecule has 1 aromatic carbocycles. The normalized spacial score (nSPS) is 14.6. The quantitative estimate of drug-likeness (QED) is 0.524. The fraction of sp³-hybridized carbons (Fsp3) is 0.450. The number of benzene rings is 1. The monoisotopic (exact) mass is 432 g/mol. The standard InChI is InChI=1S/C20H25ClN6O3/c1-29-8-9-30-19-24-17(22)16-18(25-19)27(20(28)23-16)11-13-4-5-15(21)14(10-13)12-26-6-2-3-7-26/h4-5,10H,2-3,6-9,11-12H2,1H3,(H,23,28)(H2,22,24,25). The van der Waals surface area contributed by atoms with Crippen LogP contribution in [0.1, 0.15) is 24.0 Å². The molecule has 3 N–H and O–H groups in total. The van der Waals surface area contributed by atoms with Crippen molar-refractivity contribution in [3.63, 3.8) is 0 Å². The Hall–Kier alpha value is -2.62. The third kappa shape index (κ3) is 4.43. The van der Waals surface area contributed by atoms with E-state index in [4.69, 9.17) is 26.8 Å². The topological polar surface area (TPSA) is 111 Å². The zero-order chi connectivity index (χ0) is 21.1. The molecular weight excluding hydrogens is 408 g/mol. The van der Waals surface area contributed by atoms with Gasteiger partial charge < -0.3 is 20.2 Å². The van der Waals surface area contributed by atoms with Crippen LogP contribution >= 0.6 is 11.6 Å². The second kappa shape index (κ2) is 9.03. The van der Waals surface area contributed by atoms with Gasteiger partial charge in [-0.25, -0.2) is 4.79 Å². The molecule has 0 bridgehead atoms. The van der Waals surface area contributed by atoms with Crippen LogP contribution in [0.25, 0.3) is 11.2 Å². The summed E-state index contributed by atoms with van der Waals surface area (Å²) in [4.78, 5) is 26.2. The van der Waals surface area contributed by atoms with E-state index in [9.17, 15) is 4.79 Å². The molecule has 0 unspecified atom stereocenters. The molecule has 0 saturated carbocycles. The van der Waals surface area contributed by atoms with Crippen LogP contribution in [-0.4, -0.2) is 57.8 Å². The van der Waals surface area contributed by atoms with E-state index in [2.05, 4.69) is 19.9 Å². The number of aromatic amines is 1. The van der Waals surface area contributed by atoms with Crippen molar-refractivity contribution < 1.29 is 9.47 Å². The molecule has 10 heteroatoms. The number of aromatic nitrogens is 4. The number of nitrogens with one attached hydrogen (secondary N) is 1. The van der Waals surface area contributed by atoms with Crippen molar-refractivity contribution >= 4 is 28.6 Å². The smallest absolute Gasteiger partial charge is 0.328 e. The van der Waals surface area contributed by atoms with Gasteiger partial charge in [0.2, 0.25) is 0 Å². The summed E-state index contributed by atoms with van der Waals surface area (Å²) < 4.78 is 12.0. The molecule has 1 aliphatic heterocycles. The summed E-state index contributed by atoms with van der Waals surface area (Å²) in [6.07, 6.45) is 2.44. The zero-order valence-electron chi connectivity index (χ0n) is 16.9. The van der Waals surface area contributed by atoms with Gasteiger partial charge in [-0.3, -0.25) is 9.47 Å². The minimum absolute atomic E-state index is 0.107.